The van der Waals surface area contributed by atoms with E-state index in [0.29, 0.717) is 0 Å². The van der Waals surface area contributed by atoms with Gasteiger partial charge >= 0.3 is 6.18 Å². The first-order valence-corrected chi connectivity index (χ1v) is 12.2. The summed E-state index contributed by atoms with van der Waals surface area (Å²) in [6.45, 7) is 7.48. The van der Waals surface area contributed by atoms with Gasteiger partial charge in [0.15, 0.2) is 0 Å². The molecule has 1 heterocycles. The molecule has 0 aliphatic rings. The Morgan fingerprint density at radius 2 is 1.97 bits per heavy atom. The highest BCUT2D eigenvalue weighted by Gasteiger charge is 2.33. The third-order valence-corrected chi connectivity index (χ3v) is 7.12. The quantitative estimate of drug-likeness (QED) is 0.238. The van der Waals surface area contributed by atoms with Crippen LogP contribution < -0.4 is 4.74 Å². The van der Waals surface area contributed by atoms with Crippen molar-refractivity contribution in [1.29, 1.82) is 0 Å². The van der Waals surface area contributed by atoms with E-state index < -0.39 is 29.8 Å². The molecule has 10 heteroatoms. The van der Waals surface area contributed by atoms with Crippen LogP contribution in [0.25, 0.3) is 0 Å². The second-order valence-electron chi connectivity index (χ2n) is 6.93. The van der Waals surface area contributed by atoms with Gasteiger partial charge in [0.2, 0.25) is 5.88 Å². The summed E-state index contributed by atoms with van der Waals surface area (Å²) in [5, 5.41) is 10.8. The molecule has 0 fully saturated rings. The van der Waals surface area contributed by atoms with Crippen molar-refractivity contribution in [3.05, 3.63) is 56.2 Å². The fourth-order valence-electron chi connectivity index (χ4n) is 2.15. The highest BCUT2D eigenvalue weighted by molar-refractivity contribution is 6.85. The zero-order chi connectivity index (χ0) is 22.0. The van der Waals surface area contributed by atoms with Crippen LogP contribution in [0.15, 0.2) is 24.3 Å². The van der Waals surface area contributed by atoms with Crippen LogP contribution in [0.5, 0.6) is 11.6 Å². The molecule has 0 saturated carbocycles. The minimum atomic E-state index is -4.66. The Labute approximate surface area is 172 Å². The largest absolute Gasteiger partial charge is 0.438 e. The van der Waals surface area contributed by atoms with Crippen LogP contribution in [0, 0.1) is 28.5 Å². The lowest BCUT2D eigenvalue weighted by Gasteiger charge is -2.13. The predicted octanol–water partition coefficient (Wildman–Crippen LogP) is 6.38. The topological polar surface area (TPSA) is 65.3 Å². The van der Waals surface area contributed by atoms with Crippen LogP contribution in [0.2, 0.25) is 24.2 Å². The van der Waals surface area contributed by atoms with Crippen LogP contribution in [0.4, 0.5) is 18.9 Å². The summed E-state index contributed by atoms with van der Waals surface area (Å²) in [4.78, 5) is 14.7. The molecule has 1 aromatic heterocycles. The molecule has 0 bridgehead atoms. The van der Waals surface area contributed by atoms with Gasteiger partial charge in [-0.25, -0.2) is 4.98 Å². The minimum absolute atomic E-state index is 0.0626. The molecule has 0 unspecified atom stereocenters. The average Bonchev–Trinajstić information content (AvgIpc) is 2.61. The SMILES string of the molecule is CC[Si](C)(C)C#Cc1cc([N+](=O)[O-])c(C)nc1Oc1ccc(Cl)c(C(F)(F)F)c1. The summed E-state index contributed by atoms with van der Waals surface area (Å²) >= 11 is 5.63. The lowest BCUT2D eigenvalue weighted by atomic mass is 10.2. The van der Waals surface area contributed by atoms with E-state index in [-0.39, 0.29) is 28.6 Å². The lowest BCUT2D eigenvalue weighted by molar-refractivity contribution is -0.385. The van der Waals surface area contributed by atoms with E-state index in [0.717, 1.165) is 18.2 Å². The number of halogens is 4. The first-order valence-electron chi connectivity index (χ1n) is 8.58. The van der Waals surface area contributed by atoms with E-state index in [1.807, 2.05) is 20.0 Å². The van der Waals surface area contributed by atoms with Gasteiger partial charge in [0.05, 0.1) is 21.1 Å². The third-order valence-electron chi connectivity index (χ3n) is 4.23. The summed E-state index contributed by atoms with van der Waals surface area (Å²) in [6, 6.07) is 5.17. The van der Waals surface area contributed by atoms with Crippen molar-refractivity contribution in [2.75, 3.05) is 0 Å². The molecule has 0 aliphatic heterocycles. The molecule has 0 saturated heterocycles. The Bertz CT molecular complexity index is 1010. The van der Waals surface area contributed by atoms with E-state index in [1.165, 1.54) is 19.1 Å². The van der Waals surface area contributed by atoms with Crippen LogP contribution in [0.3, 0.4) is 0 Å². The maximum Gasteiger partial charge on any atom is 0.417 e. The van der Waals surface area contributed by atoms with Crippen molar-refractivity contribution in [2.24, 2.45) is 0 Å². The first-order chi connectivity index (χ1) is 13.3. The average molecular weight is 443 g/mol. The molecule has 0 radical (unpaired) electrons. The number of pyridine rings is 1. The highest BCUT2D eigenvalue weighted by atomic mass is 35.5. The number of benzene rings is 1. The number of ether oxygens (including phenoxy) is 1. The molecule has 0 atom stereocenters. The fourth-order valence-corrected chi connectivity index (χ4v) is 3.02. The molecular weight excluding hydrogens is 425 g/mol. The van der Waals surface area contributed by atoms with Gasteiger partial charge in [-0.3, -0.25) is 10.1 Å². The monoisotopic (exact) mass is 442 g/mol. The fraction of sp³-hybridized carbons (Fsp3) is 0.316. The molecule has 0 N–H and O–H groups in total. The molecule has 29 heavy (non-hydrogen) atoms. The summed E-state index contributed by atoms with van der Waals surface area (Å²) in [7, 11) is -1.85. The molecule has 0 aliphatic carbocycles. The maximum absolute atomic E-state index is 13.1. The van der Waals surface area contributed by atoms with Crippen LogP contribution in [-0.2, 0) is 6.18 Å². The molecule has 0 spiro atoms. The van der Waals surface area contributed by atoms with E-state index in [1.54, 1.807) is 0 Å². The smallest absolute Gasteiger partial charge is 0.417 e. The van der Waals surface area contributed by atoms with Gasteiger partial charge in [0.25, 0.3) is 5.69 Å². The van der Waals surface area contributed by atoms with Gasteiger partial charge in [-0.1, -0.05) is 37.5 Å². The Kier molecular flexibility index (Phi) is 6.60. The van der Waals surface area contributed by atoms with Gasteiger partial charge in [0, 0.05) is 6.07 Å². The van der Waals surface area contributed by atoms with Gasteiger partial charge in [-0.15, -0.1) is 5.54 Å². The molecule has 0 amide bonds. The second kappa shape index (κ2) is 8.43. The maximum atomic E-state index is 13.1. The Hall–Kier alpha value is -2.57. The number of alkyl halides is 3. The normalized spacial score (nSPS) is 11.6. The Morgan fingerprint density at radius 3 is 2.52 bits per heavy atom. The second-order valence-corrected chi connectivity index (χ2v) is 12.1. The molecule has 2 aromatic rings. The lowest BCUT2D eigenvalue weighted by Crippen LogP contribution is -2.21. The highest BCUT2D eigenvalue weighted by Crippen LogP contribution is 2.38. The summed E-state index contributed by atoms with van der Waals surface area (Å²) in [6.07, 6.45) is -4.66. The number of hydrogen-bond acceptors (Lipinski definition) is 4. The van der Waals surface area contributed by atoms with Crippen LogP contribution in [-0.4, -0.2) is 18.0 Å². The Balaban J connectivity index is 2.57. The van der Waals surface area contributed by atoms with Crippen molar-refractivity contribution in [2.45, 2.75) is 39.2 Å². The number of nitrogens with zero attached hydrogens (tertiary/aromatic N) is 2. The zero-order valence-electron chi connectivity index (χ0n) is 16.1. The number of aryl methyl sites for hydroxylation is 1. The van der Waals surface area contributed by atoms with E-state index in [2.05, 4.69) is 16.4 Å². The predicted molar refractivity (Wildman–Crippen MR) is 107 cm³/mol. The molecular formula is C19H18ClF3N2O3Si. The van der Waals surface area contributed by atoms with Gasteiger partial charge in [0.1, 0.15) is 19.5 Å². The van der Waals surface area contributed by atoms with Gasteiger partial charge < -0.3 is 4.74 Å². The molecule has 1 aromatic carbocycles. The van der Waals surface area contributed by atoms with Crippen molar-refractivity contribution in [3.8, 4) is 23.1 Å². The van der Waals surface area contributed by atoms with Crippen molar-refractivity contribution >= 4 is 25.4 Å². The third kappa shape index (κ3) is 5.71. The summed E-state index contributed by atoms with van der Waals surface area (Å²) in [5.41, 5.74) is 2.03. The zero-order valence-corrected chi connectivity index (χ0v) is 17.9. The molecule has 2 rings (SSSR count). The van der Waals surface area contributed by atoms with E-state index in [4.69, 9.17) is 16.3 Å². The molecule has 5 nitrogen and oxygen atoms in total. The summed E-state index contributed by atoms with van der Waals surface area (Å²) in [5.74, 6) is 2.62. The number of hydrogen-bond donors (Lipinski definition) is 0. The minimum Gasteiger partial charge on any atom is -0.438 e. The number of aromatic nitrogens is 1. The van der Waals surface area contributed by atoms with Crippen molar-refractivity contribution in [3.63, 3.8) is 0 Å². The van der Waals surface area contributed by atoms with E-state index in [9.17, 15) is 23.3 Å². The van der Waals surface area contributed by atoms with Crippen LogP contribution in [0.1, 0.15) is 23.7 Å². The van der Waals surface area contributed by atoms with Gasteiger partial charge in [-0.2, -0.15) is 13.2 Å². The first kappa shape index (κ1) is 22.7. The number of nitro groups is 1. The van der Waals surface area contributed by atoms with Crippen LogP contribution >= 0.6 is 11.6 Å². The van der Waals surface area contributed by atoms with Crippen molar-refractivity contribution in [1.82, 2.24) is 4.98 Å². The molecule has 154 valence electrons. The van der Waals surface area contributed by atoms with Crippen molar-refractivity contribution < 1.29 is 22.8 Å². The van der Waals surface area contributed by atoms with Gasteiger partial charge in [-0.05, 0) is 31.2 Å². The standard InChI is InChI=1S/C19H18ClF3N2O3Si/c1-5-29(3,4)9-8-13-10-17(25(26)27)12(2)24-18(13)28-14-6-7-16(20)15(11-14)19(21,22)23/h6-7,10-11H,5H2,1-4H3. The summed E-state index contributed by atoms with van der Waals surface area (Å²) < 4.78 is 44.8. The number of rotatable bonds is 4. The Morgan fingerprint density at radius 1 is 1.31 bits per heavy atom. The van der Waals surface area contributed by atoms with E-state index >= 15 is 0 Å².